The molecular formula is C32H37Cl2FN2O4. The molecule has 3 aromatic carbocycles. The average Bonchev–Trinajstić information content (AvgIpc) is 2.94. The van der Waals surface area contributed by atoms with Gasteiger partial charge in [-0.3, -0.25) is 0 Å². The van der Waals surface area contributed by atoms with Gasteiger partial charge in [0.15, 0.2) is 6.61 Å². The van der Waals surface area contributed by atoms with Crippen molar-refractivity contribution in [2.24, 2.45) is 5.92 Å². The van der Waals surface area contributed by atoms with Crippen LogP contribution in [-0.4, -0.2) is 55.8 Å². The standard InChI is InChI=1S/C32H37Cl2FN2O4/c1-20(36-14-5-15-37(2)3)26-18-27(21-8-10-23(33)11-9-21)31(22-6-4-7-25(35)16-22)41-32(26)28-17-24(34)12-13-29(28)40-19-30(38)39/h4,6-13,16-17,20,26-27,31-32,36H,5,14-15,18-19H2,1-3H3,(H,38,39)/t20-,26-,27-,31+,32+/m0/s1. The fourth-order valence-corrected chi connectivity index (χ4v) is 5.88. The first-order valence-corrected chi connectivity index (χ1v) is 14.6. The molecule has 2 N–H and O–H groups in total. The van der Waals surface area contributed by atoms with E-state index in [4.69, 9.17) is 32.7 Å². The SMILES string of the molecule is C[C@H](NCCCN(C)C)[C@@H]1C[C@@H](c2ccc(Cl)cc2)[C@@H](c2cccc(F)c2)O[C@H]1c1cc(Cl)ccc1OCC(=O)O. The van der Waals surface area contributed by atoms with Crippen LogP contribution in [0.5, 0.6) is 5.75 Å². The molecule has 1 fully saturated rings. The Morgan fingerprint density at radius 3 is 2.49 bits per heavy atom. The summed E-state index contributed by atoms with van der Waals surface area (Å²) in [5.41, 5.74) is 2.43. The number of carboxylic acids is 1. The van der Waals surface area contributed by atoms with E-state index in [2.05, 4.69) is 31.2 Å². The molecule has 5 atom stereocenters. The van der Waals surface area contributed by atoms with Gasteiger partial charge in [0.05, 0.1) is 12.2 Å². The van der Waals surface area contributed by atoms with E-state index >= 15 is 0 Å². The van der Waals surface area contributed by atoms with E-state index in [1.54, 1.807) is 24.3 Å². The molecule has 220 valence electrons. The van der Waals surface area contributed by atoms with Crippen molar-refractivity contribution in [2.45, 2.75) is 43.9 Å². The van der Waals surface area contributed by atoms with Crippen LogP contribution in [0, 0.1) is 11.7 Å². The van der Waals surface area contributed by atoms with E-state index in [0.717, 1.165) is 30.6 Å². The van der Waals surface area contributed by atoms with Crippen LogP contribution in [0.1, 0.15) is 54.6 Å². The molecule has 1 aliphatic rings. The number of carboxylic acid groups (broad SMARTS) is 1. The van der Waals surface area contributed by atoms with Crippen LogP contribution in [0.3, 0.4) is 0 Å². The quantitative estimate of drug-likeness (QED) is 0.215. The number of benzene rings is 3. The maximum absolute atomic E-state index is 14.5. The molecule has 0 unspecified atom stereocenters. The van der Waals surface area contributed by atoms with E-state index in [1.807, 2.05) is 30.3 Å². The number of carbonyl (C=O) groups is 1. The lowest BCUT2D eigenvalue weighted by Gasteiger charge is -2.45. The average molecular weight is 604 g/mol. The number of aliphatic carboxylic acids is 1. The molecule has 0 amide bonds. The summed E-state index contributed by atoms with van der Waals surface area (Å²) in [6.45, 7) is 3.42. The van der Waals surface area contributed by atoms with Crippen LogP contribution < -0.4 is 10.1 Å². The minimum atomic E-state index is -1.08. The van der Waals surface area contributed by atoms with E-state index < -0.39 is 24.8 Å². The Labute approximate surface area is 251 Å². The minimum Gasteiger partial charge on any atom is -0.482 e. The second kappa shape index (κ2) is 14.5. The van der Waals surface area contributed by atoms with Gasteiger partial charge in [-0.25, -0.2) is 9.18 Å². The predicted octanol–water partition coefficient (Wildman–Crippen LogP) is 7.13. The molecule has 0 spiro atoms. The third kappa shape index (κ3) is 8.43. The summed E-state index contributed by atoms with van der Waals surface area (Å²) in [7, 11) is 4.10. The van der Waals surface area contributed by atoms with Crippen LogP contribution in [0.4, 0.5) is 4.39 Å². The molecule has 0 aliphatic carbocycles. The first kappa shape index (κ1) is 31.3. The second-order valence-corrected chi connectivity index (χ2v) is 11.7. The number of hydrogen-bond donors (Lipinski definition) is 2. The minimum absolute atomic E-state index is 0.0247. The highest BCUT2D eigenvalue weighted by molar-refractivity contribution is 6.30. The highest BCUT2D eigenvalue weighted by Gasteiger charge is 2.43. The molecule has 41 heavy (non-hydrogen) atoms. The molecule has 0 aromatic heterocycles. The molecule has 3 aromatic rings. The first-order chi connectivity index (χ1) is 19.6. The Bertz CT molecular complexity index is 1310. The zero-order valence-corrected chi connectivity index (χ0v) is 25.0. The lowest BCUT2D eigenvalue weighted by molar-refractivity contribution is -0.139. The number of halogens is 3. The molecule has 1 aliphatic heterocycles. The molecule has 1 saturated heterocycles. The zero-order valence-electron chi connectivity index (χ0n) is 23.5. The molecule has 6 nitrogen and oxygen atoms in total. The molecular weight excluding hydrogens is 566 g/mol. The van der Waals surface area contributed by atoms with Gasteiger partial charge in [0.2, 0.25) is 0 Å². The molecule has 0 radical (unpaired) electrons. The summed E-state index contributed by atoms with van der Waals surface area (Å²) in [5.74, 6) is -1.17. The second-order valence-electron chi connectivity index (χ2n) is 10.9. The molecule has 0 saturated carbocycles. The Morgan fingerprint density at radius 2 is 1.80 bits per heavy atom. The van der Waals surface area contributed by atoms with Gasteiger partial charge >= 0.3 is 5.97 Å². The molecule has 9 heteroatoms. The van der Waals surface area contributed by atoms with E-state index in [1.165, 1.54) is 12.1 Å². The van der Waals surface area contributed by atoms with Crippen molar-refractivity contribution < 1.29 is 23.8 Å². The van der Waals surface area contributed by atoms with Gasteiger partial charge < -0.3 is 24.8 Å². The van der Waals surface area contributed by atoms with Crippen molar-refractivity contribution in [3.63, 3.8) is 0 Å². The van der Waals surface area contributed by atoms with E-state index in [-0.39, 0.29) is 23.7 Å². The van der Waals surface area contributed by atoms with Gasteiger partial charge in [-0.2, -0.15) is 0 Å². The highest BCUT2D eigenvalue weighted by Crippen LogP contribution is 2.52. The van der Waals surface area contributed by atoms with Gasteiger partial charge in [0.1, 0.15) is 11.6 Å². The van der Waals surface area contributed by atoms with Crippen molar-refractivity contribution >= 4 is 29.2 Å². The third-order valence-electron chi connectivity index (χ3n) is 7.57. The van der Waals surface area contributed by atoms with E-state index in [9.17, 15) is 14.3 Å². The molecule has 4 rings (SSSR count). The Kier molecular flexibility index (Phi) is 11.0. The first-order valence-electron chi connectivity index (χ1n) is 13.8. The van der Waals surface area contributed by atoms with Crippen LogP contribution >= 0.6 is 23.2 Å². The van der Waals surface area contributed by atoms with Crippen LogP contribution in [0.2, 0.25) is 10.0 Å². The van der Waals surface area contributed by atoms with Crippen LogP contribution in [0.25, 0.3) is 0 Å². The van der Waals surface area contributed by atoms with Crippen molar-refractivity contribution in [3.8, 4) is 5.75 Å². The Hall–Kier alpha value is -2.68. The van der Waals surface area contributed by atoms with Crippen molar-refractivity contribution in [1.82, 2.24) is 10.2 Å². The molecule has 1 heterocycles. The summed E-state index contributed by atoms with van der Waals surface area (Å²) in [4.78, 5) is 13.5. The predicted molar refractivity (Wildman–Crippen MR) is 160 cm³/mol. The molecule has 0 bridgehead atoms. The summed E-state index contributed by atoms with van der Waals surface area (Å²) in [5, 5.41) is 14.1. The number of nitrogens with zero attached hydrogens (tertiary/aromatic N) is 1. The van der Waals surface area contributed by atoms with Crippen LogP contribution in [0.15, 0.2) is 66.7 Å². The van der Waals surface area contributed by atoms with Crippen molar-refractivity contribution in [3.05, 3.63) is 99.3 Å². The number of rotatable bonds is 12. The fraction of sp³-hybridized carbons (Fsp3) is 0.406. The third-order valence-corrected chi connectivity index (χ3v) is 8.06. The largest absolute Gasteiger partial charge is 0.482 e. The van der Waals surface area contributed by atoms with Gasteiger partial charge in [-0.1, -0.05) is 47.5 Å². The lowest BCUT2D eigenvalue weighted by atomic mass is 9.73. The Balaban J connectivity index is 1.77. The smallest absolute Gasteiger partial charge is 0.341 e. The van der Waals surface area contributed by atoms with Crippen LogP contribution in [-0.2, 0) is 9.53 Å². The summed E-state index contributed by atoms with van der Waals surface area (Å²) < 4.78 is 27.1. The summed E-state index contributed by atoms with van der Waals surface area (Å²) in [6, 6.07) is 19.3. The number of hydrogen-bond acceptors (Lipinski definition) is 5. The summed E-state index contributed by atoms with van der Waals surface area (Å²) in [6.07, 6.45) is 0.693. The number of nitrogens with one attached hydrogen (secondary N) is 1. The zero-order chi connectivity index (χ0) is 29.5. The van der Waals surface area contributed by atoms with Gasteiger partial charge in [-0.15, -0.1) is 0 Å². The van der Waals surface area contributed by atoms with Gasteiger partial charge in [0.25, 0.3) is 0 Å². The van der Waals surface area contributed by atoms with Gasteiger partial charge in [-0.05, 0) is 101 Å². The summed E-state index contributed by atoms with van der Waals surface area (Å²) >= 11 is 12.7. The van der Waals surface area contributed by atoms with Gasteiger partial charge in [0, 0.05) is 33.5 Å². The van der Waals surface area contributed by atoms with Crippen molar-refractivity contribution in [1.29, 1.82) is 0 Å². The number of ether oxygens (including phenoxy) is 2. The normalized spacial score (nSPS) is 21.5. The maximum atomic E-state index is 14.5. The Morgan fingerprint density at radius 1 is 1.07 bits per heavy atom. The lowest BCUT2D eigenvalue weighted by Crippen LogP contribution is -2.43. The van der Waals surface area contributed by atoms with Crippen molar-refractivity contribution in [2.75, 3.05) is 33.8 Å². The monoisotopic (exact) mass is 602 g/mol. The van der Waals surface area contributed by atoms with E-state index in [0.29, 0.717) is 27.8 Å². The topological polar surface area (TPSA) is 71.0 Å². The fourth-order valence-electron chi connectivity index (χ4n) is 5.57. The maximum Gasteiger partial charge on any atom is 0.341 e. The highest BCUT2D eigenvalue weighted by atomic mass is 35.5.